The molecule has 11 nitrogen and oxygen atoms in total. The number of ether oxygens (including phenoxy) is 2. The normalized spacial score (nSPS) is 12.4. The second-order valence-corrected chi connectivity index (χ2v) is 17.4. The van der Waals surface area contributed by atoms with E-state index in [2.05, 4.69) is 45.0 Å². The van der Waals surface area contributed by atoms with Crippen molar-refractivity contribution >= 4 is 53.5 Å². The van der Waals surface area contributed by atoms with E-state index >= 15 is 0 Å². The number of pyridine rings is 3. The summed E-state index contributed by atoms with van der Waals surface area (Å²) < 4.78 is 55.9. The lowest BCUT2D eigenvalue weighted by molar-refractivity contribution is -0.138. The van der Waals surface area contributed by atoms with Crippen LogP contribution in [0.15, 0.2) is 35.5 Å². The minimum Gasteiger partial charge on any atom is -0.452 e. The molecule has 0 fully saturated rings. The number of hydrogen-bond acceptors (Lipinski definition) is 8. The molecule has 16 heteroatoms. The van der Waals surface area contributed by atoms with Gasteiger partial charge in [0.25, 0.3) is 5.56 Å². The molecule has 0 atom stereocenters. The predicted octanol–water partition coefficient (Wildman–Crippen LogP) is 6.24. The summed E-state index contributed by atoms with van der Waals surface area (Å²) in [5, 5.41) is 8.18. The van der Waals surface area contributed by atoms with Crippen LogP contribution >= 0.6 is 11.6 Å². The third-order valence-corrected chi connectivity index (χ3v) is 8.82. The van der Waals surface area contributed by atoms with Crippen molar-refractivity contribution in [2.75, 3.05) is 11.9 Å². The van der Waals surface area contributed by atoms with Gasteiger partial charge in [0.2, 0.25) is 5.95 Å². The molecule has 0 spiro atoms. The quantitative estimate of drug-likeness (QED) is 0.150. The molecule has 5 heterocycles. The summed E-state index contributed by atoms with van der Waals surface area (Å²) in [7, 11) is 1.62. The lowest BCUT2D eigenvalue weighted by Crippen LogP contribution is -2.23. The summed E-state index contributed by atoms with van der Waals surface area (Å²) in [4.78, 5) is 25.7. The Hall–Kier alpha value is -3.95. The molecular formula is C27H30ClF3N8O3Si. The van der Waals surface area contributed by atoms with E-state index < -0.39 is 25.4 Å². The number of fused-ring (bicyclic) bond motifs is 2. The maximum absolute atomic E-state index is 13.3. The number of aryl methyl sites for hydroxylation is 3. The van der Waals surface area contributed by atoms with Crippen molar-refractivity contribution in [2.24, 2.45) is 14.1 Å². The Morgan fingerprint density at radius 2 is 1.86 bits per heavy atom. The van der Waals surface area contributed by atoms with Crippen LogP contribution in [0.4, 0.5) is 24.8 Å². The average Bonchev–Trinajstić information content (AvgIpc) is 3.40. The average molecular weight is 635 g/mol. The molecule has 228 valence electrons. The van der Waals surface area contributed by atoms with E-state index in [0.717, 1.165) is 34.0 Å². The summed E-state index contributed by atoms with van der Waals surface area (Å²) >= 11 is 6.69. The summed E-state index contributed by atoms with van der Waals surface area (Å²) in [6.45, 7) is 9.70. The van der Waals surface area contributed by atoms with Crippen molar-refractivity contribution in [3.8, 4) is 11.5 Å². The molecule has 0 bridgehead atoms. The number of rotatable bonds is 9. The van der Waals surface area contributed by atoms with E-state index in [-0.39, 0.29) is 34.8 Å². The zero-order valence-electron chi connectivity index (χ0n) is 24.4. The zero-order valence-corrected chi connectivity index (χ0v) is 26.1. The third-order valence-electron chi connectivity index (χ3n) is 6.75. The topological polar surface area (TPSA) is 114 Å². The van der Waals surface area contributed by atoms with Crippen LogP contribution in [-0.4, -0.2) is 48.5 Å². The second kappa shape index (κ2) is 11.3. The van der Waals surface area contributed by atoms with Crippen molar-refractivity contribution in [1.82, 2.24) is 33.9 Å². The smallest absolute Gasteiger partial charge is 0.417 e. The van der Waals surface area contributed by atoms with Gasteiger partial charge in [-0.25, -0.2) is 14.6 Å². The van der Waals surface area contributed by atoms with Gasteiger partial charge in [-0.15, -0.1) is 0 Å². The first-order valence-corrected chi connectivity index (χ1v) is 17.4. The Bertz CT molecular complexity index is 1900. The van der Waals surface area contributed by atoms with Crippen LogP contribution in [0, 0.1) is 6.92 Å². The molecule has 1 N–H and O–H groups in total. The lowest BCUT2D eigenvalue weighted by atomic mass is 10.2. The van der Waals surface area contributed by atoms with Crippen molar-refractivity contribution in [2.45, 2.75) is 45.5 Å². The van der Waals surface area contributed by atoms with Crippen molar-refractivity contribution in [3.63, 3.8) is 0 Å². The Morgan fingerprint density at radius 3 is 2.56 bits per heavy atom. The maximum Gasteiger partial charge on any atom is 0.417 e. The van der Waals surface area contributed by atoms with Crippen molar-refractivity contribution < 1.29 is 22.6 Å². The molecule has 0 radical (unpaired) electrons. The lowest BCUT2D eigenvalue weighted by Gasteiger charge is -2.15. The largest absolute Gasteiger partial charge is 0.452 e. The highest BCUT2D eigenvalue weighted by Gasteiger charge is 2.32. The third kappa shape index (κ3) is 6.38. The molecule has 0 unspecified atom stereocenters. The Labute approximate surface area is 250 Å². The Kier molecular flexibility index (Phi) is 8.00. The first kappa shape index (κ1) is 30.5. The van der Waals surface area contributed by atoms with Crippen molar-refractivity contribution in [1.29, 1.82) is 0 Å². The molecule has 0 saturated heterocycles. The van der Waals surface area contributed by atoms with E-state index in [1.807, 2.05) is 6.92 Å². The predicted molar refractivity (Wildman–Crippen MR) is 160 cm³/mol. The number of nitrogens with one attached hydrogen (secondary N) is 1. The summed E-state index contributed by atoms with van der Waals surface area (Å²) in [6, 6.07) is 3.58. The van der Waals surface area contributed by atoms with Gasteiger partial charge in [-0.1, -0.05) is 31.2 Å². The van der Waals surface area contributed by atoms with Gasteiger partial charge in [0.15, 0.2) is 17.0 Å². The van der Waals surface area contributed by atoms with Crippen molar-refractivity contribution in [3.05, 3.63) is 57.4 Å². The SMILES string of the molecule is Cc1nn(COCC[Si](C)(C)C)c2ncc(Oc3cnc4nc(Nc5cc(C(F)(F)F)cn(C)c5=O)n(C)c4c3Cl)cc12. The fourth-order valence-electron chi connectivity index (χ4n) is 4.37. The molecule has 0 amide bonds. The molecule has 5 aromatic rings. The van der Waals surface area contributed by atoms with Gasteiger partial charge in [-0.2, -0.15) is 23.3 Å². The highest BCUT2D eigenvalue weighted by Crippen LogP contribution is 2.36. The van der Waals surface area contributed by atoms with Crippen LogP contribution < -0.4 is 15.6 Å². The number of hydrogen-bond donors (Lipinski definition) is 1. The van der Waals surface area contributed by atoms with Gasteiger partial charge < -0.3 is 23.9 Å². The van der Waals surface area contributed by atoms with Gasteiger partial charge in [-0.3, -0.25) is 4.79 Å². The first-order valence-electron chi connectivity index (χ1n) is 13.3. The Balaban J connectivity index is 1.40. The molecule has 0 aromatic carbocycles. The molecule has 0 aliphatic rings. The fraction of sp³-hybridized carbons (Fsp3) is 0.370. The molecule has 5 rings (SSSR count). The minimum absolute atomic E-state index is 0.0659. The molecule has 0 aliphatic heterocycles. The van der Waals surface area contributed by atoms with Gasteiger partial charge in [-0.05, 0) is 25.1 Å². The zero-order chi connectivity index (χ0) is 31.3. The van der Waals surface area contributed by atoms with Crippen LogP contribution in [0.5, 0.6) is 11.5 Å². The van der Waals surface area contributed by atoms with E-state index in [0.29, 0.717) is 23.5 Å². The van der Waals surface area contributed by atoms with Gasteiger partial charge in [0.1, 0.15) is 28.7 Å². The molecule has 0 saturated carbocycles. The van der Waals surface area contributed by atoms with Gasteiger partial charge >= 0.3 is 6.18 Å². The molecule has 5 aromatic heterocycles. The molecule has 0 aliphatic carbocycles. The van der Waals surface area contributed by atoms with E-state index in [9.17, 15) is 18.0 Å². The van der Waals surface area contributed by atoms with E-state index in [4.69, 9.17) is 21.1 Å². The summed E-state index contributed by atoms with van der Waals surface area (Å²) in [5.41, 5.74) is 0.00143. The molecular weight excluding hydrogens is 605 g/mol. The maximum atomic E-state index is 13.3. The van der Waals surface area contributed by atoms with Crippen LogP contribution in [0.3, 0.4) is 0 Å². The van der Waals surface area contributed by atoms with Crippen LogP contribution in [-0.2, 0) is 31.7 Å². The van der Waals surface area contributed by atoms with Gasteiger partial charge in [0.05, 0.1) is 23.7 Å². The molecule has 43 heavy (non-hydrogen) atoms. The Morgan fingerprint density at radius 1 is 1.12 bits per heavy atom. The van der Waals surface area contributed by atoms with Crippen LogP contribution in [0.1, 0.15) is 11.3 Å². The fourth-order valence-corrected chi connectivity index (χ4v) is 5.42. The number of imidazole rings is 1. The number of alkyl halides is 3. The highest BCUT2D eigenvalue weighted by atomic mass is 35.5. The summed E-state index contributed by atoms with van der Waals surface area (Å²) in [5.74, 6) is 0.668. The van der Waals surface area contributed by atoms with Gasteiger partial charge in [0, 0.05) is 40.4 Å². The monoisotopic (exact) mass is 634 g/mol. The number of nitrogens with zero attached hydrogens (tertiary/aromatic N) is 7. The minimum atomic E-state index is -4.64. The second-order valence-electron chi connectivity index (χ2n) is 11.4. The first-order chi connectivity index (χ1) is 20.1. The van der Waals surface area contributed by atoms with Crippen LogP contribution in [0.25, 0.3) is 22.2 Å². The number of halogens is 4. The number of anilines is 2. The van der Waals surface area contributed by atoms with E-state index in [1.165, 1.54) is 17.8 Å². The summed E-state index contributed by atoms with van der Waals surface area (Å²) in [6.07, 6.45) is -0.978. The standard InChI is InChI=1S/C27H30ClF3N8O3Si/c1-15-18-10-17(11-33-24(18)39(36-15)14-41-7-8-43(4,5)6)42-20-12-32-23-22(21(20)28)38(3)26(35-23)34-19-9-16(27(29,30)31)13-37(2)25(19)40/h9-13H,7-8,14H2,1-6H3,(H,32,34,35). The van der Waals surface area contributed by atoms with Crippen LogP contribution in [0.2, 0.25) is 30.7 Å². The highest BCUT2D eigenvalue weighted by molar-refractivity contribution is 6.76. The van der Waals surface area contributed by atoms with E-state index in [1.54, 1.807) is 24.0 Å². The number of aromatic nitrogens is 7.